The average Bonchev–Trinajstić information content (AvgIpc) is 3.56. The second-order valence-corrected chi connectivity index (χ2v) is 16.1. The lowest BCUT2D eigenvalue weighted by molar-refractivity contribution is -0.149. The molecule has 4 rings (SSSR count). The number of ether oxygens (including phenoxy) is 2. The zero-order chi connectivity index (χ0) is 37.2. The van der Waals surface area contributed by atoms with Crippen LogP contribution < -0.4 is 10.6 Å². The maximum absolute atomic E-state index is 14.1. The van der Waals surface area contributed by atoms with Crippen LogP contribution in [0.1, 0.15) is 106 Å². The molecule has 3 amide bonds. The number of piperidine rings is 1. The third kappa shape index (κ3) is 11.5. The van der Waals surface area contributed by atoms with Gasteiger partial charge in [-0.2, -0.15) is 0 Å². The number of esters is 2. The molecule has 282 valence electrons. The zero-order valence-electron chi connectivity index (χ0n) is 30.9. The fourth-order valence-corrected chi connectivity index (χ4v) is 8.27. The van der Waals surface area contributed by atoms with Gasteiger partial charge in [0.05, 0.1) is 24.1 Å². The van der Waals surface area contributed by atoms with Gasteiger partial charge in [-0.25, -0.2) is 9.97 Å². The number of methoxy groups -OCH3 is 1. The van der Waals surface area contributed by atoms with Crippen molar-refractivity contribution in [3.05, 3.63) is 32.7 Å². The molecule has 2 N–H and O–H groups in total. The fraction of sp³-hybridized carbons (Fsp3) is 0.694. The molecule has 6 atom stereocenters. The molecular weight excluding hydrogens is 693 g/mol. The van der Waals surface area contributed by atoms with Crippen LogP contribution in [0.4, 0.5) is 0 Å². The second-order valence-electron chi connectivity index (χ2n) is 14.3. The molecule has 0 bridgehead atoms. The van der Waals surface area contributed by atoms with Crippen molar-refractivity contribution in [2.45, 2.75) is 116 Å². The summed E-state index contributed by atoms with van der Waals surface area (Å²) in [5.74, 6) is -1.87. The third-order valence-corrected chi connectivity index (χ3v) is 11.7. The summed E-state index contributed by atoms with van der Waals surface area (Å²) in [6.07, 6.45) is 7.36. The summed E-state index contributed by atoms with van der Waals surface area (Å²) >= 11 is 2.74. The van der Waals surface area contributed by atoms with E-state index in [1.807, 2.05) is 26.3 Å². The first-order valence-corrected chi connectivity index (χ1v) is 19.7. The number of nitrogens with one attached hydrogen (secondary N) is 2. The van der Waals surface area contributed by atoms with Crippen molar-refractivity contribution in [2.24, 2.45) is 17.8 Å². The van der Waals surface area contributed by atoms with Gasteiger partial charge < -0.3 is 25.0 Å². The molecule has 1 aliphatic heterocycles. The van der Waals surface area contributed by atoms with Crippen LogP contribution in [0.2, 0.25) is 0 Å². The highest BCUT2D eigenvalue weighted by atomic mass is 32.1. The number of aromatic nitrogens is 2. The Balaban J connectivity index is 1.47. The highest BCUT2D eigenvalue weighted by Gasteiger charge is 2.42. The third-order valence-electron chi connectivity index (χ3n) is 9.91. The van der Waals surface area contributed by atoms with Gasteiger partial charge in [0, 0.05) is 55.9 Å². The predicted octanol–water partition coefficient (Wildman–Crippen LogP) is 4.39. The molecule has 1 saturated heterocycles. The first-order chi connectivity index (χ1) is 24.3. The smallest absolute Gasteiger partial charge is 0.308 e. The Morgan fingerprint density at radius 3 is 2.41 bits per heavy atom. The van der Waals surface area contributed by atoms with Crippen LogP contribution >= 0.6 is 22.7 Å². The van der Waals surface area contributed by atoms with Gasteiger partial charge in [-0.15, -0.1) is 22.7 Å². The van der Waals surface area contributed by atoms with Crippen LogP contribution in [-0.2, 0) is 35.1 Å². The van der Waals surface area contributed by atoms with Crippen LogP contribution in [0.3, 0.4) is 0 Å². The van der Waals surface area contributed by atoms with E-state index in [0.717, 1.165) is 43.7 Å². The summed E-state index contributed by atoms with van der Waals surface area (Å²) < 4.78 is 10.7. The summed E-state index contributed by atoms with van der Waals surface area (Å²) in [6, 6.07) is -1.55. The van der Waals surface area contributed by atoms with Gasteiger partial charge in [-0.05, 0) is 64.0 Å². The largest absolute Gasteiger partial charge is 0.469 e. The molecule has 13 nitrogen and oxygen atoms in total. The number of carbonyl (C=O) groups is 5. The number of carbonyl (C=O) groups excluding carboxylic acids is 5. The first kappa shape index (κ1) is 40.3. The predicted molar refractivity (Wildman–Crippen MR) is 195 cm³/mol. The molecule has 15 heteroatoms. The fourth-order valence-electron chi connectivity index (χ4n) is 6.79. The second kappa shape index (κ2) is 18.9. The molecule has 51 heavy (non-hydrogen) atoms. The summed E-state index contributed by atoms with van der Waals surface area (Å²) in [6.45, 7) is 7.95. The Labute approximate surface area is 309 Å². The molecule has 0 unspecified atom stereocenters. The normalized spacial score (nSPS) is 19.3. The van der Waals surface area contributed by atoms with Crippen molar-refractivity contribution in [3.63, 3.8) is 0 Å². The van der Waals surface area contributed by atoms with Crippen LogP contribution in [0.5, 0.6) is 0 Å². The van der Waals surface area contributed by atoms with Crippen molar-refractivity contribution in [3.8, 4) is 0 Å². The van der Waals surface area contributed by atoms with E-state index in [4.69, 9.17) is 9.47 Å². The summed E-state index contributed by atoms with van der Waals surface area (Å²) in [4.78, 5) is 78.1. The van der Waals surface area contributed by atoms with Gasteiger partial charge in [0.25, 0.3) is 5.91 Å². The lowest BCUT2D eigenvalue weighted by atomic mass is 9.95. The van der Waals surface area contributed by atoms with Gasteiger partial charge in [0.1, 0.15) is 16.7 Å². The van der Waals surface area contributed by atoms with Gasteiger partial charge in [-0.3, -0.25) is 28.9 Å². The Bertz CT molecular complexity index is 1480. The Kier molecular flexibility index (Phi) is 14.9. The quantitative estimate of drug-likeness (QED) is 0.210. The molecule has 2 fully saturated rings. The minimum absolute atomic E-state index is 0.0184. The number of aryl methyl sites for hydroxylation is 1. The van der Waals surface area contributed by atoms with Crippen molar-refractivity contribution >= 4 is 52.3 Å². The summed E-state index contributed by atoms with van der Waals surface area (Å²) in [7, 11) is 5.04. The summed E-state index contributed by atoms with van der Waals surface area (Å²) in [5, 5.41) is 11.0. The molecule has 1 aliphatic carbocycles. The average molecular weight is 747 g/mol. The molecule has 1 saturated carbocycles. The first-order valence-electron chi connectivity index (χ1n) is 18.0. The van der Waals surface area contributed by atoms with E-state index in [1.54, 1.807) is 30.4 Å². The number of likely N-dealkylation sites (tertiary alicyclic amines) is 1. The minimum Gasteiger partial charge on any atom is -0.469 e. The highest BCUT2D eigenvalue weighted by Crippen LogP contribution is 2.36. The van der Waals surface area contributed by atoms with Gasteiger partial charge >= 0.3 is 11.9 Å². The number of hydrogen-bond acceptors (Lipinski definition) is 12. The Morgan fingerprint density at radius 2 is 1.80 bits per heavy atom. The Morgan fingerprint density at radius 1 is 1.06 bits per heavy atom. The van der Waals surface area contributed by atoms with Crippen LogP contribution in [0.25, 0.3) is 0 Å². The summed E-state index contributed by atoms with van der Waals surface area (Å²) in [5.41, 5.74) is 0.173. The van der Waals surface area contributed by atoms with Gasteiger partial charge in [0.15, 0.2) is 6.10 Å². The van der Waals surface area contributed by atoms with Gasteiger partial charge in [-0.1, -0.05) is 27.2 Å². The number of thiazole rings is 2. The van der Waals surface area contributed by atoms with Crippen molar-refractivity contribution in [1.29, 1.82) is 0 Å². The number of nitrogens with zero attached hydrogens (tertiary/aromatic N) is 4. The molecule has 2 aromatic heterocycles. The molecule has 0 radical (unpaired) electrons. The molecule has 0 spiro atoms. The SMILES string of the molecule is COC(=O)[C@@H](C)C[C@H](CCc1nccs1)NC(=O)c1csc([C@@H](C[C@H](C(C)C)N(C)C(=O)[C@@H](NC(=O)[C@H]2CCCCN2C)C2CC2)OC(C)=O)n1. The van der Waals surface area contributed by atoms with E-state index in [1.165, 1.54) is 36.7 Å². The van der Waals surface area contributed by atoms with E-state index in [0.29, 0.717) is 24.3 Å². The van der Waals surface area contributed by atoms with Gasteiger partial charge in [0.2, 0.25) is 11.8 Å². The van der Waals surface area contributed by atoms with Crippen LogP contribution in [-0.4, -0.2) is 101 Å². The minimum atomic E-state index is -0.804. The Hall–Kier alpha value is -3.43. The monoisotopic (exact) mass is 746 g/mol. The van der Waals surface area contributed by atoms with Crippen LogP contribution in [0.15, 0.2) is 17.0 Å². The molecule has 0 aromatic carbocycles. The molecule has 3 heterocycles. The molecular formula is C36H54N6O7S2. The number of amides is 3. The topological polar surface area (TPSA) is 160 Å². The van der Waals surface area contributed by atoms with Crippen LogP contribution in [0, 0.1) is 17.8 Å². The van der Waals surface area contributed by atoms with Crippen molar-refractivity contribution in [2.75, 3.05) is 27.7 Å². The lowest BCUT2D eigenvalue weighted by Gasteiger charge is -2.37. The highest BCUT2D eigenvalue weighted by molar-refractivity contribution is 7.10. The van der Waals surface area contributed by atoms with E-state index < -0.39 is 29.9 Å². The molecule has 2 aliphatic rings. The number of rotatable bonds is 18. The van der Waals surface area contributed by atoms with E-state index >= 15 is 0 Å². The zero-order valence-corrected chi connectivity index (χ0v) is 32.5. The van der Waals surface area contributed by atoms with E-state index in [9.17, 15) is 24.0 Å². The molecule has 2 aromatic rings. The maximum atomic E-state index is 14.1. The number of likely N-dealkylation sites (N-methyl/N-ethyl adjacent to an activating group) is 2. The van der Waals surface area contributed by atoms with Crippen molar-refractivity contribution in [1.82, 2.24) is 30.4 Å². The number of hydrogen-bond donors (Lipinski definition) is 2. The van der Waals surface area contributed by atoms with Crippen molar-refractivity contribution < 1.29 is 33.4 Å². The lowest BCUT2D eigenvalue weighted by Crippen LogP contribution is -2.56. The maximum Gasteiger partial charge on any atom is 0.308 e. The van der Waals surface area contributed by atoms with E-state index in [-0.39, 0.29) is 59.9 Å². The van der Waals surface area contributed by atoms with E-state index in [2.05, 4.69) is 25.5 Å². The standard InChI is InChI=1S/C36H54N6O7S2/c1-21(2)28(42(6)35(46)31(24-11-12-24)40-33(45)27-10-8-9-16-41(27)5)19-29(49-23(4)43)34-39-26(20-51-34)32(44)38-25(18-22(3)36(47)48-7)13-14-30-37-15-17-50-30/h15,17,20-22,24-25,27-29,31H,8-14,16,18-19H2,1-7H3,(H,38,44)(H,40,45)/t22-,25-,27+,28+,29+,31-/m0/s1.